The SMILES string of the molecule is CCOc1ccc(S(=O)(=O)Nc2ccc(CC(=O)NCc3cccs3)cc2)cc1C. The third kappa shape index (κ3) is 5.84. The van der Waals surface area contributed by atoms with Gasteiger partial charge in [0.15, 0.2) is 0 Å². The van der Waals surface area contributed by atoms with Gasteiger partial charge in [-0.1, -0.05) is 18.2 Å². The summed E-state index contributed by atoms with van der Waals surface area (Å²) >= 11 is 1.59. The first-order valence-electron chi connectivity index (χ1n) is 9.51. The Labute approximate surface area is 181 Å². The second-order valence-electron chi connectivity index (χ2n) is 6.70. The van der Waals surface area contributed by atoms with Gasteiger partial charge in [-0.05, 0) is 66.8 Å². The lowest BCUT2D eigenvalue weighted by Gasteiger charge is -2.12. The maximum absolute atomic E-state index is 12.7. The lowest BCUT2D eigenvalue weighted by Crippen LogP contribution is -2.24. The molecule has 0 radical (unpaired) electrons. The van der Waals surface area contributed by atoms with Crippen molar-refractivity contribution >= 4 is 33.0 Å². The van der Waals surface area contributed by atoms with Crippen LogP contribution in [0.4, 0.5) is 5.69 Å². The van der Waals surface area contributed by atoms with Crippen LogP contribution in [0, 0.1) is 6.92 Å². The largest absolute Gasteiger partial charge is 0.494 e. The van der Waals surface area contributed by atoms with Crippen LogP contribution < -0.4 is 14.8 Å². The Morgan fingerprint density at radius 3 is 2.50 bits per heavy atom. The molecule has 1 heterocycles. The van der Waals surface area contributed by atoms with Crippen LogP contribution in [0.2, 0.25) is 0 Å². The first-order chi connectivity index (χ1) is 14.4. The van der Waals surface area contributed by atoms with E-state index in [2.05, 4.69) is 10.0 Å². The van der Waals surface area contributed by atoms with E-state index in [-0.39, 0.29) is 17.2 Å². The first kappa shape index (κ1) is 21.9. The zero-order chi connectivity index (χ0) is 21.6. The zero-order valence-electron chi connectivity index (χ0n) is 16.8. The minimum absolute atomic E-state index is 0.0819. The zero-order valence-corrected chi connectivity index (χ0v) is 18.5. The molecule has 0 atom stereocenters. The third-order valence-corrected chi connectivity index (χ3v) is 6.62. The number of nitrogens with one attached hydrogen (secondary N) is 2. The standard InChI is InChI=1S/C22H24N2O4S2/c1-3-28-21-11-10-20(13-16(21)2)30(26,27)24-18-8-6-17(7-9-18)14-22(25)23-15-19-5-4-12-29-19/h4-13,24H,3,14-15H2,1-2H3,(H,23,25). The van der Waals surface area contributed by atoms with Gasteiger partial charge >= 0.3 is 0 Å². The number of carbonyl (C=O) groups excluding carboxylic acids is 1. The maximum atomic E-state index is 12.7. The van der Waals surface area contributed by atoms with Gasteiger partial charge in [0.25, 0.3) is 10.0 Å². The molecule has 6 nitrogen and oxygen atoms in total. The summed E-state index contributed by atoms with van der Waals surface area (Å²) in [6.45, 7) is 4.71. The molecule has 0 unspecified atom stereocenters. The topological polar surface area (TPSA) is 84.5 Å². The van der Waals surface area contributed by atoms with E-state index in [1.807, 2.05) is 31.4 Å². The summed E-state index contributed by atoms with van der Waals surface area (Å²) in [4.78, 5) is 13.3. The lowest BCUT2D eigenvalue weighted by molar-refractivity contribution is -0.120. The average molecular weight is 445 g/mol. The van der Waals surface area contributed by atoms with Crippen molar-refractivity contribution in [3.63, 3.8) is 0 Å². The summed E-state index contributed by atoms with van der Waals surface area (Å²) in [6.07, 6.45) is 0.233. The number of rotatable bonds is 9. The Balaban J connectivity index is 1.60. The molecule has 158 valence electrons. The van der Waals surface area contributed by atoms with Crippen molar-refractivity contribution in [2.45, 2.75) is 31.7 Å². The van der Waals surface area contributed by atoms with E-state index in [4.69, 9.17) is 4.74 Å². The molecule has 0 saturated carbocycles. The van der Waals surface area contributed by atoms with Crippen LogP contribution in [0.5, 0.6) is 5.75 Å². The van der Waals surface area contributed by atoms with Crippen molar-refractivity contribution in [2.75, 3.05) is 11.3 Å². The first-order valence-corrected chi connectivity index (χ1v) is 11.9. The molecule has 3 aromatic rings. The molecule has 8 heteroatoms. The second-order valence-corrected chi connectivity index (χ2v) is 9.41. The normalized spacial score (nSPS) is 11.1. The average Bonchev–Trinajstić information content (AvgIpc) is 3.23. The highest BCUT2D eigenvalue weighted by Crippen LogP contribution is 2.23. The fourth-order valence-electron chi connectivity index (χ4n) is 2.86. The molecule has 0 aliphatic rings. The van der Waals surface area contributed by atoms with Crippen molar-refractivity contribution in [3.8, 4) is 5.75 Å². The van der Waals surface area contributed by atoms with E-state index < -0.39 is 10.0 Å². The Hall–Kier alpha value is -2.84. The van der Waals surface area contributed by atoms with E-state index >= 15 is 0 Å². The van der Waals surface area contributed by atoms with Crippen molar-refractivity contribution in [3.05, 3.63) is 76.0 Å². The smallest absolute Gasteiger partial charge is 0.261 e. The van der Waals surface area contributed by atoms with Gasteiger partial charge in [-0.2, -0.15) is 0 Å². The summed E-state index contributed by atoms with van der Waals surface area (Å²) in [5.41, 5.74) is 1.99. The van der Waals surface area contributed by atoms with Crippen LogP contribution >= 0.6 is 11.3 Å². The third-order valence-electron chi connectivity index (χ3n) is 4.37. The number of carbonyl (C=O) groups is 1. The molecular formula is C22H24N2O4S2. The van der Waals surface area contributed by atoms with E-state index in [1.165, 1.54) is 6.07 Å². The minimum atomic E-state index is -3.72. The Morgan fingerprint density at radius 2 is 1.87 bits per heavy atom. The van der Waals surface area contributed by atoms with Gasteiger partial charge in [-0.3, -0.25) is 9.52 Å². The molecular weight excluding hydrogens is 420 g/mol. The number of anilines is 1. The number of aryl methyl sites for hydroxylation is 1. The molecule has 2 N–H and O–H groups in total. The highest BCUT2D eigenvalue weighted by Gasteiger charge is 2.16. The van der Waals surface area contributed by atoms with Crippen LogP contribution in [0.3, 0.4) is 0 Å². The van der Waals surface area contributed by atoms with E-state index in [9.17, 15) is 13.2 Å². The van der Waals surface area contributed by atoms with E-state index in [0.29, 0.717) is 24.6 Å². The van der Waals surface area contributed by atoms with Gasteiger partial charge in [-0.25, -0.2) is 8.42 Å². The van der Waals surface area contributed by atoms with Gasteiger partial charge < -0.3 is 10.1 Å². The van der Waals surface area contributed by atoms with Crippen LogP contribution in [0.25, 0.3) is 0 Å². The fraction of sp³-hybridized carbons (Fsp3) is 0.227. The summed E-state index contributed by atoms with van der Waals surface area (Å²) in [6, 6.07) is 15.5. The number of benzene rings is 2. The van der Waals surface area contributed by atoms with Crippen LogP contribution in [-0.4, -0.2) is 20.9 Å². The predicted octanol–water partition coefficient (Wildman–Crippen LogP) is 4.11. The minimum Gasteiger partial charge on any atom is -0.494 e. The second kappa shape index (κ2) is 9.77. The van der Waals surface area contributed by atoms with E-state index in [0.717, 1.165) is 16.0 Å². The van der Waals surface area contributed by atoms with Crippen molar-refractivity contribution < 1.29 is 17.9 Å². The molecule has 1 aromatic heterocycles. The van der Waals surface area contributed by atoms with Crippen molar-refractivity contribution in [2.24, 2.45) is 0 Å². The van der Waals surface area contributed by atoms with Crippen LogP contribution in [0.15, 0.2) is 64.9 Å². The van der Waals surface area contributed by atoms with Crippen molar-refractivity contribution in [1.29, 1.82) is 0 Å². The molecule has 0 aliphatic carbocycles. The Kier molecular flexibility index (Phi) is 7.12. The van der Waals surface area contributed by atoms with Crippen LogP contribution in [0.1, 0.15) is 22.9 Å². The summed E-state index contributed by atoms with van der Waals surface area (Å²) in [5.74, 6) is 0.583. The lowest BCUT2D eigenvalue weighted by atomic mass is 10.1. The Bertz CT molecular complexity index is 1090. The Morgan fingerprint density at radius 1 is 1.10 bits per heavy atom. The number of amides is 1. The maximum Gasteiger partial charge on any atom is 0.261 e. The molecule has 0 aliphatic heterocycles. The van der Waals surface area contributed by atoms with E-state index in [1.54, 1.807) is 47.7 Å². The summed E-state index contributed by atoms with van der Waals surface area (Å²) in [7, 11) is -3.72. The molecule has 0 spiro atoms. The molecule has 2 aromatic carbocycles. The number of thiophene rings is 1. The number of sulfonamides is 1. The summed E-state index contributed by atoms with van der Waals surface area (Å²) in [5, 5.41) is 4.84. The van der Waals surface area contributed by atoms with Gasteiger partial charge in [0, 0.05) is 10.6 Å². The van der Waals surface area contributed by atoms with Crippen molar-refractivity contribution in [1.82, 2.24) is 5.32 Å². The fourth-order valence-corrected chi connectivity index (χ4v) is 4.65. The summed E-state index contributed by atoms with van der Waals surface area (Å²) < 4.78 is 33.4. The highest BCUT2D eigenvalue weighted by atomic mass is 32.2. The molecule has 3 rings (SSSR count). The monoisotopic (exact) mass is 444 g/mol. The van der Waals surface area contributed by atoms with Crippen LogP contribution in [-0.2, 0) is 27.8 Å². The number of ether oxygens (including phenoxy) is 1. The van der Waals surface area contributed by atoms with Gasteiger partial charge in [0.05, 0.1) is 24.5 Å². The molecule has 0 bridgehead atoms. The molecule has 30 heavy (non-hydrogen) atoms. The number of hydrogen-bond acceptors (Lipinski definition) is 5. The molecule has 1 amide bonds. The molecule has 0 saturated heterocycles. The highest BCUT2D eigenvalue weighted by molar-refractivity contribution is 7.92. The predicted molar refractivity (Wildman–Crippen MR) is 119 cm³/mol. The quantitative estimate of drug-likeness (QED) is 0.520. The number of hydrogen-bond donors (Lipinski definition) is 2. The molecule has 0 fully saturated rings. The van der Waals surface area contributed by atoms with Gasteiger partial charge in [0.2, 0.25) is 5.91 Å². The van der Waals surface area contributed by atoms with Gasteiger partial charge in [-0.15, -0.1) is 11.3 Å². The van der Waals surface area contributed by atoms with Gasteiger partial charge in [0.1, 0.15) is 5.75 Å².